The van der Waals surface area contributed by atoms with Crippen LogP contribution < -0.4 is 4.74 Å². The molecule has 140 valence electrons. The summed E-state index contributed by atoms with van der Waals surface area (Å²) in [6.45, 7) is 2.09. The fourth-order valence-electron chi connectivity index (χ4n) is 2.69. The van der Waals surface area contributed by atoms with Crippen molar-refractivity contribution < 1.29 is 14.3 Å². The Morgan fingerprint density at radius 1 is 1.14 bits per heavy atom. The number of carbonyl (C=O) groups excluding carboxylic acids is 1. The van der Waals surface area contributed by atoms with E-state index in [2.05, 4.69) is 15.1 Å². The van der Waals surface area contributed by atoms with Crippen molar-refractivity contribution in [1.82, 2.24) is 19.7 Å². The first-order valence-corrected chi connectivity index (χ1v) is 8.93. The van der Waals surface area contributed by atoms with E-state index in [1.165, 1.54) is 6.33 Å². The Balaban J connectivity index is 1.64. The van der Waals surface area contributed by atoms with E-state index < -0.39 is 0 Å². The SMILES string of the molecule is CCOC(=O)c1ccc(Oc2ncnc3c2cnn3-c2cccc(Cl)c2)cc1. The van der Waals surface area contributed by atoms with Crippen molar-refractivity contribution in [2.24, 2.45) is 0 Å². The van der Waals surface area contributed by atoms with Crippen LogP contribution in [-0.4, -0.2) is 32.3 Å². The molecule has 0 amide bonds. The second-order valence-electron chi connectivity index (χ2n) is 5.80. The highest BCUT2D eigenvalue weighted by atomic mass is 35.5. The van der Waals surface area contributed by atoms with Crippen LogP contribution >= 0.6 is 11.6 Å². The van der Waals surface area contributed by atoms with Crippen molar-refractivity contribution in [2.45, 2.75) is 6.92 Å². The predicted octanol–water partition coefficient (Wildman–Crippen LogP) is 4.44. The molecule has 4 aromatic rings. The van der Waals surface area contributed by atoms with E-state index in [9.17, 15) is 4.79 Å². The van der Waals surface area contributed by atoms with Gasteiger partial charge in [-0.1, -0.05) is 17.7 Å². The molecule has 0 saturated carbocycles. The molecule has 7 nitrogen and oxygen atoms in total. The van der Waals surface area contributed by atoms with Crippen LogP contribution in [0.25, 0.3) is 16.7 Å². The van der Waals surface area contributed by atoms with E-state index in [1.54, 1.807) is 54.2 Å². The first-order valence-electron chi connectivity index (χ1n) is 8.55. The van der Waals surface area contributed by atoms with Crippen molar-refractivity contribution in [1.29, 1.82) is 0 Å². The zero-order valence-corrected chi connectivity index (χ0v) is 15.6. The summed E-state index contributed by atoms with van der Waals surface area (Å²) >= 11 is 6.07. The molecule has 2 heterocycles. The van der Waals surface area contributed by atoms with E-state index in [4.69, 9.17) is 21.1 Å². The number of aromatic nitrogens is 4. The maximum absolute atomic E-state index is 11.7. The highest BCUT2D eigenvalue weighted by Crippen LogP contribution is 2.28. The number of halogens is 1. The molecule has 0 bridgehead atoms. The van der Waals surface area contributed by atoms with E-state index in [0.717, 1.165) is 5.69 Å². The van der Waals surface area contributed by atoms with Gasteiger partial charge >= 0.3 is 5.97 Å². The second kappa shape index (κ2) is 7.66. The van der Waals surface area contributed by atoms with Gasteiger partial charge in [0, 0.05) is 5.02 Å². The van der Waals surface area contributed by atoms with Gasteiger partial charge in [0.05, 0.1) is 24.1 Å². The van der Waals surface area contributed by atoms with Gasteiger partial charge in [0.15, 0.2) is 5.65 Å². The molecule has 0 aliphatic heterocycles. The third-order valence-corrected chi connectivity index (χ3v) is 4.20. The van der Waals surface area contributed by atoms with Gasteiger partial charge in [-0.2, -0.15) is 5.10 Å². The number of rotatable bonds is 5. The molecule has 0 saturated heterocycles. The Morgan fingerprint density at radius 3 is 2.71 bits per heavy atom. The molecule has 0 fully saturated rings. The summed E-state index contributed by atoms with van der Waals surface area (Å²) < 4.78 is 12.5. The quantitative estimate of drug-likeness (QED) is 0.466. The third kappa shape index (κ3) is 3.52. The van der Waals surface area contributed by atoms with Crippen molar-refractivity contribution in [3.05, 3.63) is 71.6 Å². The lowest BCUT2D eigenvalue weighted by Crippen LogP contribution is -2.04. The predicted molar refractivity (Wildman–Crippen MR) is 104 cm³/mol. The number of hydrogen-bond donors (Lipinski definition) is 0. The smallest absolute Gasteiger partial charge is 0.338 e. The zero-order valence-electron chi connectivity index (χ0n) is 14.9. The molecule has 8 heteroatoms. The molecule has 4 rings (SSSR count). The van der Waals surface area contributed by atoms with Gasteiger partial charge in [0.25, 0.3) is 0 Å². The van der Waals surface area contributed by atoms with Crippen LogP contribution in [-0.2, 0) is 4.74 Å². The van der Waals surface area contributed by atoms with Gasteiger partial charge in [-0.3, -0.25) is 0 Å². The molecule has 0 unspecified atom stereocenters. The topological polar surface area (TPSA) is 79.1 Å². The largest absolute Gasteiger partial charge is 0.462 e. The van der Waals surface area contributed by atoms with Crippen LogP contribution in [0.3, 0.4) is 0 Å². The summed E-state index contributed by atoms with van der Waals surface area (Å²) in [5.74, 6) is 0.520. The third-order valence-electron chi connectivity index (χ3n) is 3.96. The number of ether oxygens (including phenoxy) is 2. The summed E-state index contributed by atoms with van der Waals surface area (Å²) in [6.07, 6.45) is 3.05. The lowest BCUT2D eigenvalue weighted by molar-refractivity contribution is 0.0526. The minimum Gasteiger partial charge on any atom is -0.462 e. The van der Waals surface area contributed by atoms with E-state index in [-0.39, 0.29) is 5.97 Å². The maximum atomic E-state index is 11.7. The fraction of sp³-hybridized carbons (Fsp3) is 0.100. The van der Waals surface area contributed by atoms with E-state index in [0.29, 0.717) is 39.9 Å². The van der Waals surface area contributed by atoms with Crippen LogP contribution in [0.4, 0.5) is 0 Å². The molecule has 0 aliphatic rings. The van der Waals surface area contributed by atoms with E-state index in [1.807, 2.05) is 12.1 Å². The number of nitrogens with zero attached hydrogens (tertiary/aromatic N) is 4. The van der Waals surface area contributed by atoms with Crippen molar-refractivity contribution in [3.8, 4) is 17.3 Å². The highest BCUT2D eigenvalue weighted by Gasteiger charge is 2.13. The van der Waals surface area contributed by atoms with Crippen LogP contribution in [0.5, 0.6) is 11.6 Å². The average Bonchev–Trinajstić information content (AvgIpc) is 3.14. The molecular formula is C20H15ClN4O3. The highest BCUT2D eigenvalue weighted by molar-refractivity contribution is 6.30. The second-order valence-corrected chi connectivity index (χ2v) is 6.24. The molecule has 0 N–H and O–H groups in total. The van der Waals surface area contributed by atoms with Crippen LogP contribution in [0.2, 0.25) is 5.02 Å². The number of hydrogen-bond acceptors (Lipinski definition) is 6. The van der Waals surface area contributed by atoms with Crippen molar-refractivity contribution in [3.63, 3.8) is 0 Å². The van der Waals surface area contributed by atoms with Gasteiger partial charge < -0.3 is 9.47 Å². The molecule has 2 aromatic heterocycles. The molecule has 28 heavy (non-hydrogen) atoms. The Labute approximate surface area is 165 Å². The Morgan fingerprint density at radius 2 is 1.96 bits per heavy atom. The van der Waals surface area contributed by atoms with Gasteiger partial charge in [0.1, 0.15) is 17.5 Å². The lowest BCUT2D eigenvalue weighted by atomic mass is 10.2. The van der Waals surface area contributed by atoms with Crippen LogP contribution in [0.15, 0.2) is 61.1 Å². The average molecular weight is 395 g/mol. The van der Waals surface area contributed by atoms with Gasteiger partial charge in [0.2, 0.25) is 5.88 Å². The van der Waals surface area contributed by atoms with Gasteiger partial charge in [-0.15, -0.1) is 0 Å². The summed E-state index contributed by atoms with van der Waals surface area (Å²) in [7, 11) is 0. The van der Waals surface area contributed by atoms with Crippen LogP contribution in [0, 0.1) is 0 Å². The number of esters is 1. The summed E-state index contributed by atoms with van der Waals surface area (Å²) in [5.41, 5.74) is 1.83. The Kier molecular flexibility index (Phi) is 4.90. The molecular weight excluding hydrogens is 380 g/mol. The summed E-state index contributed by atoms with van der Waals surface area (Å²) in [6, 6.07) is 14.0. The first kappa shape index (κ1) is 17.9. The number of benzene rings is 2. The monoisotopic (exact) mass is 394 g/mol. The van der Waals surface area contributed by atoms with Gasteiger partial charge in [-0.05, 0) is 49.4 Å². The minimum absolute atomic E-state index is 0.326. The Bertz CT molecular complexity index is 1140. The van der Waals surface area contributed by atoms with E-state index >= 15 is 0 Å². The van der Waals surface area contributed by atoms with Crippen LogP contribution in [0.1, 0.15) is 17.3 Å². The molecule has 0 radical (unpaired) electrons. The first-order chi connectivity index (χ1) is 13.7. The normalized spacial score (nSPS) is 10.8. The number of carbonyl (C=O) groups is 1. The molecule has 2 aromatic carbocycles. The zero-order chi connectivity index (χ0) is 19.5. The minimum atomic E-state index is -0.374. The molecule has 0 aliphatic carbocycles. The van der Waals surface area contributed by atoms with Crippen molar-refractivity contribution in [2.75, 3.05) is 6.61 Å². The molecule has 0 atom stereocenters. The Hall–Kier alpha value is -3.45. The lowest BCUT2D eigenvalue weighted by Gasteiger charge is -2.07. The van der Waals surface area contributed by atoms with Crippen molar-refractivity contribution >= 4 is 28.6 Å². The summed E-state index contributed by atoms with van der Waals surface area (Å²) in [4.78, 5) is 20.3. The molecule has 0 spiro atoms. The standard InChI is InChI=1S/C20H15ClN4O3/c1-2-27-20(26)13-6-8-16(9-7-13)28-19-17-11-24-25(18(17)22-12-23-19)15-5-3-4-14(21)10-15/h3-12H,2H2,1H3. The summed E-state index contributed by atoms with van der Waals surface area (Å²) in [5, 5.41) is 5.64. The fourth-order valence-corrected chi connectivity index (χ4v) is 2.87. The van der Waals surface area contributed by atoms with Gasteiger partial charge in [-0.25, -0.2) is 19.4 Å². The number of fused-ring (bicyclic) bond motifs is 1. The maximum Gasteiger partial charge on any atom is 0.338 e.